The molecule has 4 rings (SSSR count). The van der Waals surface area contributed by atoms with E-state index in [2.05, 4.69) is 5.32 Å². The molecule has 0 saturated carbocycles. The van der Waals surface area contributed by atoms with Gasteiger partial charge in [0.05, 0.1) is 6.04 Å². The second-order valence-electron chi connectivity index (χ2n) is 8.75. The fourth-order valence-electron chi connectivity index (χ4n) is 4.25. The number of fused-ring (bicyclic) bond motifs is 1. The Morgan fingerprint density at radius 3 is 2.81 bits per heavy atom. The lowest BCUT2D eigenvalue weighted by molar-refractivity contribution is -0.135. The van der Waals surface area contributed by atoms with E-state index >= 15 is 0 Å². The van der Waals surface area contributed by atoms with Gasteiger partial charge in [-0.05, 0) is 67.1 Å². The van der Waals surface area contributed by atoms with Crippen molar-refractivity contribution in [1.29, 1.82) is 0 Å². The van der Waals surface area contributed by atoms with Crippen LogP contribution in [-0.4, -0.2) is 47.5 Å². The summed E-state index contributed by atoms with van der Waals surface area (Å²) in [6.07, 6.45) is 1.43. The largest absolute Gasteiger partial charge is 0.491 e. The van der Waals surface area contributed by atoms with Crippen molar-refractivity contribution in [3.8, 4) is 5.75 Å². The standard InChI is InChI=1S/C27H29ClFN3O3S/c1-3-18(2)32(27(34)30-21-8-4-6-19(28)14-21)16-26(33)31-12-10-25-23(11-13-36-25)24(31)17-35-22-9-5-7-20(29)15-22/h4-9,11,13-15,18,24H,3,10,12,16-17H2,1-2H3,(H,30,34)/t18-,24-/m0/s1. The number of urea groups is 1. The molecule has 2 heterocycles. The molecule has 3 aromatic rings. The Morgan fingerprint density at radius 1 is 1.25 bits per heavy atom. The molecule has 3 amide bonds. The maximum absolute atomic E-state index is 13.6. The fourth-order valence-corrected chi connectivity index (χ4v) is 5.37. The number of ether oxygens (including phenoxy) is 1. The van der Waals surface area contributed by atoms with Crippen molar-refractivity contribution in [3.63, 3.8) is 0 Å². The summed E-state index contributed by atoms with van der Waals surface area (Å²) in [5, 5.41) is 5.38. The Morgan fingerprint density at radius 2 is 2.06 bits per heavy atom. The topological polar surface area (TPSA) is 61.9 Å². The molecule has 0 spiro atoms. The molecule has 0 radical (unpaired) electrons. The third-order valence-corrected chi connectivity index (χ3v) is 7.62. The van der Waals surface area contributed by atoms with Crippen LogP contribution in [0.1, 0.15) is 36.8 Å². The minimum atomic E-state index is -0.379. The van der Waals surface area contributed by atoms with Gasteiger partial charge in [0.15, 0.2) is 0 Å². The number of rotatable bonds is 8. The SMILES string of the molecule is CC[C@H](C)N(CC(=O)N1CCc2sccc2[C@@H]1COc1cccc(F)c1)C(=O)Nc1cccc(Cl)c1. The monoisotopic (exact) mass is 529 g/mol. The number of thiophene rings is 1. The molecule has 0 unspecified atom stereocenters. The predicted molar refractivity (Wildman–Crippen MR) is 141 cm³/mol. The lowest BCUT2D eigenvalue weighted by Crippen LogP contribution is -2.50. The summed E-state index contributed by atoms with van der Waals surface area (Å²) < 4.78 is 19.5. The zero-order valence-electron chi connectivity index (χ0n) is 20.2. The van der Waals surface area contributed by atoms with Gasteiger partial charge < -0.3 is 19.9 Å². The maximum Gasteiger partial charge on any atom is 0.322 e. The van der Waals surface area contributed by atoms with Gasteiger partial charge in [-0.15, -0.1) is 11.3 Å². The summed E-state index contributed by atoms with van der Waals surface area (Å²) in [5.74, 6) is -0.136. The van der Waals surface area contributed by atoms with Gasteiger partial charge in [-0.3, -0.25) is 4.79 Å². The minimum Gasteiger partial charge on any atom is -0.491 e. The summed E-state index contributed by atoms with van der Waals surface area (Å²) in [4.78, 5) is 31.3. The zero-order chi connectivity index (χ0) is 25.7. The summed E-state index contributed by atoms with van der Waals surface area (Å²) in [6.45, 7) is 4.54. The van der Waals surface area contributed by atoms with Crippen molar-refractivity contribution in [2.45, 2.75) is 38.8 Å². The third-order valence-electron chi connectivity index (χ3n) is 6.38. The Balaban J connectivity index is 1.51. The predicted octanol–water partition coefficient (Wildman–Crippen LogP) is 6.38. The van der Waals surface area contributed by atoms with Crippen molar-refractivity contribution in [2.75, 3.05) is 25.0 Å². The number of hydrogen-bond donors (Lipinski definition) is 1. The van der Waals surface area contributed by atoms with Gasteiger partial charge in [0.25, 0.3) is 0 Å². The molecule has 36 heavy (non-hydrogen) atoms. The number of carbonyl (C=O) groups excluding carboxylic acids is 2. The summed E-state index contributed by atoms with van der Waals surface area (Å²) in [6, 6.07) is 14.0. The Hall–Kier alpha value is -3.10. The molecule has 0 saturated heterocycles. The van der Waals surface area contributed by atoms with Gasteiger partial charge in [-0.25, -0.2) is 9.18 Å². The highest BCUT2D eigenvalue weighted by Gasteiger charge is 2.34. The lowest BCUT2D eigenvalue weighted by atomic mass is 10.00. The first kappa shape index (κ1) is 26.0. The number of nitrogens with one attached hydrogen (secondary N) is 1. The lowest BCUT2D eigenvalue weighted by Gasteiger charge is -2.38. The number of benzene rings is 2. The molecular formula is C27H29ClFN3O3S. The quantitative estimate of drug-likeness (QED) is 0.368. The van der Waals surface area contributed by atoms with E-state index in [1.54, 1.807) is 57.5 Å². The highest BCUT2D eigenvalue weighted by Crippen LogP contribution is 2.34. The molecule has 1 aliphatic heterocycles. The van der Waals surface area contributed by atoms with Crippen LogP contribution in [0.3, 0.4) is 0 Å². The Bertz CT molecular complexity index is 1220. The third kappa shape index (κ3) is 6.17. The number of hydrogen-bond acceptors (Lipinski definition) is 4. The summed E-state index contributed by atoms with van der Waals surface area (Å²) >= 11 is 7.71. The van der Waals surface area contributed by atoms with Crippen molar-refractivity contribution in [1.82, 2.24) is 9.80 Å². The van der Waals surface area contributed by atoms with Crippen molar-refractivity contribution < 1.29 is 18.7 Å². The van der Waals surface area contributed by atoms with Gasteiger partial charge >= 0.3 is 6.03 Å². The van der Waals surface area contributed by atoms with Crippen molar-refractivity contribution in [2.24, 2.45) is 0 Å². The highest BCUT2D eigenvalue weighted by molar-refractivity contribution is 7.10. The first-order valence-electron chi connectivity index (χ1n) is 11.9. The first-order chi connectivity index (χ1) is 17.4. The van der Waals surface area contributed by atoms with Gasteiger partial charge in [0, 0.05) is 34.2 Å². The van der Waals surface area contributed by atoms with Gasteiger partial charge in [0.1, 0.15) is 24.7 Å². The Kier molecular flexibility index (Phi) is 8.48. The molecule has 0 fully saturated rings. The van der Waals surface area contributed by atoms with E-state index < -0.39 is 0 Å². The van der Waals surface area contributed by atoms with Gasteiger partial charge in [-0.2, -0.15) is 0 Å². The van der Waals surface area contributed by atoms with Crippen LogP contribution >= 0.6 is 22.9 Å². The number of halogens is 2. The number of anilines is 1. The molecule has 1 aromatic heterocycles. The zero-order valence-corrected chi connectivity index (χ0v) is 21.8. The van der Waals surface area contributed by atoms with Crippen LogP contribution in [0.25, 0.3) is 0 Å². The van der Waals surface area contributed by atoms with Crippen LogP contribution in [0.5, 0.6) is 5.75 Å². The van der Waals surface area contributed by atoms with Gasteiger partial charge in [-0.1, -0.05) is 30.7 Å². The van der Waals surface area contributed by atoms with Crippen molar-refractivity contribution >= 4 is 40.6 Å². The molecule has 190 valence electrons. The first-order valence-corrected chi connectivity index (χ1v) is 13.2. The minimum absolute atomic E-state index is 0.0721. The van der Waals surface area contributed by atoms with Crippen molar-refractivity contribution in [3.05, 3.63) is 81.3 Å². The second kappa shape index (κ2) is 11.8. The molecule has 1 aliphatic rings. The smallest absolute Gasteiger partial charge is 0.322 e. The molecule has 2 aromatic carbocycles. The van der Waals surface area contributed by atoms with Crippen LogP contribution in [-0.2, 0) is 11.2 Å². The molecule has 0 aliphatic carbocycles. The molecule has 9 heteroatoms. The molecule has 6 nitrogen and oxygen atoms in total. The second-order valence-corrected chi connectivity index (χ2v) is 10.2. The van der Waals surface area contributed by atoms with Crippen LogP contribution < -0.4 is 10.1 Å². The van der Waals surface area contributed by atoms with Gasteiger partial charge in [0.2, 0.25) is 5.91 Å². The normalized spacial score (nSPS) is 15.7. The average molecular weight is 530 g/mol. The van der Waals surface area contributed by atoms with E-state index in [1.807, 2.05) is 25.3 Å². The fraction of sp³-hybridized carbons (Fsp3) is 0.333. The molecule has 2 atom stereocenters. The van der Waals surface area contributed by atoms with E-state index in [4.69, 9.17) is 16.3 Å². The average Bonchev–Trinajstić information content (AvgIpc) is 3.34. The van der Waals surface area contributed by atoms with E-state index in [9.17, 15) is 14.0 Å². The summed E-state index contributed by atoms with van der Waals surface area (Å²) in [7, 11) is 0. The molecule has 1 N–H and O–H groups in total. The van der Waals surface area contributed by atoms with E-state index in [-0.39, 0.29) is 43.0 Å². The van der Waals surface area contributed by atoms with E-state index in [0.29, 0.717) is 29.4 Å². The van der Waals surface area contributed by atoms with Crippen LogP contribution in [0.4, 0.5) is 14.9 Å². The number of carbonyl (C=O) groups is 2. The van der Waals surface area contributed by atoms with Crippen LogP contribution in [0, 0.1) is 5.82 Å². The molecule has 0 bridgehead atoms. The number of amides is 3. The highest BCUT2D eigenvalue weighted by atomic mass is 35.5. The Labute approximate surface area is 219 Å². The van der Waals surface area contributed by atoms with Crippen LogP contribution in [0.2, 0.25) is 5.02 Å². The summed E-state index contributed by atoms with van der Waals surface area (Å²) in [5.41, 5.74) is 1.60. The van der Waals surface area contributed by atoms with Crippen LogP contribution in [0.15, 0.2) is 60.0 Å². The van der Waals surface area contributed by atoms with E-state index in [0.717, 1.165) is 12.0 Å². The number of nitrogens with zero attached hydrogens (tertiary/aromatic N) is 2. The van der Waals surface area contributed by atoms with E-state index in [1.165, 1.54) is 17.0 Å². The maximum atomic E-state index is 13.6. The molecular weight excluding hydrogens is 501 g/mol.